The summed E-state index contributed by atoms with van der Waals surface area (Å²) in [7, 11) is 0. The number of Topliss-reactive ketones (excluding diaryl/α,β-unsaturated/α-hetero) is 1. The summed E-state index contributed by atoms with van der Waals surface area (Å²) < 4.78 is 10.9. The zero-order valence-electron chi connectivity index (χ0n) is 16.1. The van der Waals surface area contributed by atoms with Gasteiger partial charge < -0.3 is 25.6 Å². The highest BCUT2D eigenvalue weighted by Gasteiger charge is 2.11. The van der Waals surface area contributed by atoms with Gasteiger partial charge in [0.15, 0.2) is 5.78 Å². The van der Waals surface area contributed by atoms with Crippen LogP contribution in [-0.4, -0.2) is 42.6 Å². The molecule has 0 aliphatic rings. The van der Waals surface area contributed by atoms with E-state index in [0.29, 0.717) is 54.5 Å². The molecule has 2 aromatic rings. The van der Waals surface area contributed by atoms with Gasteiger partial charge in [0.05, 0.1) is 12.3 Å². The standard InChI is InChI=1S/C21H24N2O6/c1-14(24)18-9-4-15(21(22)27)13-19(18)23-16-5-7-17(8-6-16)29-12-11-28-10-2-3-20(25)26/h4-9,13,23H,2-3,10-12H2,1H3,(H2,22,27)(H,25,26). The average Bonchev–Trinajstić information content (AvgIpc) is 2.68. The fourth-order valence-electron chi connectivity index (χ4n) is 2.54. The van der Waals surface area contributed by atoms with E-state index in [2.05, 4.69) is 5.32 Å². The molecule has 8 nitrogen and oxygen atoms in total. The Hall–Kier alpha value is -3.39. The van der Waals surface area contributed by atoms with Gasteiger partial charge in [-0.2, -0.15) is 0 Å². The summed E-state index contributed by atoms with van der Waals surface area (Å²) in [4.78, 5) is 33.6. The number of carboxylic acids is 1. The lowest BCUT2D eigenvalue weighted by atomic mass is 10.1. The van der Waals surface area contributed by atoms with Crippen molar-refractivity contribution in [1.82, 2.24) is 0 Å². The second kappa shape index (κ2) is 10.8. The lowest BCUT2D eigenvalue weighted by Gasteiger charge is -2.12. The van der Waals surface area contributed by atoms with Crippen molar-refractivity contribution in [3.63, 3.8) is 0 Å². The zero-order chi connectivity index (χ0) is 21.2. The van der Waals surface area contributed by atoms with Crippen molar-refractivity contribution in [2.75, 3.05) is 25.1 Å². The molecule has 0 heterocycles. The smallest absolute Gasteiger partial charge is 0.303 e. The number of nitrogens with two attached hydrogens (primary N) is 1. The van der Waals surface area contributed by atoms with E-state index in [9.17, 15) is 14.4 Å². The summed E-state index contributed by atoms with van der Waals surface area (Å²) in [6.07, 6.45) is 0.553. The minimum atomic E-state index is -0.838. The minimum Gasteiger partial charge on any atom is -0.491 e. The summed E-state index contributed by atoms with van der Waals surface area (Å²) in [5, 5.41) is 11.7. The molecule has 0 saturated heterocycles. The van der Waals surface area contributed by atoms with Crippen molar-refractivity contribution in [3.05, 3.63) is 53.6 Å². The lowest BCUT2D eigenvalue weighted by molar-refractivity contribution is -0.137. The quantitative estimate of drug-likeness (QED) is 0.369. The molecule has 2 aromatic carbocycles. The Kier molecular flexibility index (Phi) is 8.17. The highest BCUT2D eigenvalue weighted by Crippen LogP contribution is 2.24. The Morgan fingerprint density at radius 1 is 1.03 bits per heavy atom. The number of benzene rings is 2. The molecule has 0 saturated carbocycles. The van der Waals surface area contributed by atoms with E-state index in [4.69, 9.17) is 20.3 Å². The van der Waals surface area contributed by atoms with E-state index in [1.54, 1.807) is 36.4 Å². The number of hydrogen-bond donors (Lipinski definition) is 3. The van der Waals surface area contributed by atoms with Crippen molar-refractivity contribution in [1.29, 1.82) is 0 Å². The largest absolute Gasteiger partial charge is 0.491 e. The van der Waals surface area contributed by atoms with E-state index in [1.165, 1.54) is 13.0 Å². The molecule has 1 amide bonds. The van der Waals surface area contributed by atoms with E-state index in [1.807, 2.05) is 0 Å². The summed E-state index contributed by atoms with van der Waals surface area (Å²) in [6, 6.07) is 11.7. The SMILES string of the molecule is CC(=O)c1ccc(C(N)=O)cc1Nc1ccc(OCCOCCCC(=O)O)cc1. The maximum absolute atomic E-state index is 11.8. The second-order valence-corrected chi connectivity index (χ2v) is 6.29. The third-order valence-electron chi connectivity index (χ3n) is 3.99. The molecule has 4 N–H and O–H groups in total. The van der Waals surface area contributed by atoms with Gasteiger partial charge in [-0.3, -0.25) is 14.4 Å². The molecule has 0 bridgehead atoms. The molecule has 0 spiro atoms. The molecule has 29 heavy (non-hydrogen) atoms. The molecule has 0 unspecified atom stereocenters. The van der Waals surface area contributed by atoms with Gasteiger partial charge in [0.1, 0.15) is 12.4 Å². The molecule has 0 aliphatic heterocycles. The van der Waals surface area contributed by atoms with Gasteiger partial charge in [-0.15, -0.1) is 0 Å². The van der Waals surface area contributed by atoms with Crippen LogP contribution in [0.25, 0.3) is 0 Å². The summed E-state index contributed by atoms with van der Waals surface area (Å²) >= 11 is 0. The van der Waals surface area contributed by atoms with Crippen LogP contribution in [0, 0.1) is 0 Å². The Balaban J connectivity index is 1.89. The molecule has 0 aliphatic carbocycles. The molecule has 0 atom stereocenters. The zero-order valence-corrected chi connectivity index (χ0v) is 16.1. The summed E-state index contributed by atoms with van der Waals surface area (Å²) in [5.41, 5.74) is 7.29. The number of carbonyl (C=O) groups excluding carboxylic acids is 2. The number of rotatable bonds is 12. The molecule has 8 heteroatoms. The highest BCUT2D eigenvalue weighted by atomic mass is 16.5. The fraction of sp³-hybridized carbons (Fsp3) is 0.286. The molecule has 154 valence electrons. The number of primary amides is 1. The van der Waals surface area contributed by atoms with Crippen LogP contribution < -0.4 is 15.8 Å². The number of ketones is 1. The monoisotopic (exact) mass is 400 g/mol. The van der Waals surface area contributed by atoms with Crippen molar-refractivity contribution in [3.8, 4) is 5.75 Å². The molecule has 0 fully saturated rings. The number of aliphatic carboxylic acids is 1. The van der Waals surface area contributed by atoms with Crippen molar-refractivity contribution < 1.29 is 29.0 Å². The number of carbonyl (C=O) groups is 3. The molecule has 2 rings (SSSR count). The van der Waals surface area contributed by atoms with E-state index < -0.39 is 11.9 Å². The Labute approximate surface area is 168 Å². The van der Waals surface area contributed by atoms with Crippen molar-refractivity contribution >= 4 is 29.0 Å². The number of hydrogen-bond acceptors (Lipinski definition) is 6. The van der Waals surface area contributed by atoms with E-state index in [0.717, 1.165) is 0 Å². The van der Waals surface area contributed by atoms with Crippen LogP contribution in [0.2, 0.25) is 0 Å². The topological polar surface area (TPSA) is 128 Å². The number of amides is 1. The van der Waals surface area contributed by atoms with Gasteiger partial charge in [0, 0.05) is 29.8 Å². The fourth-order valence-corrected chi connectivity index (χ4v) is 2.54. The first-order chi connectivity index (χ1) is 13.9. The van der Waals surface area contributed by atoms with Crippen LogP contribution in [0.3, 0.4) is 0 Å². The predicted octanol–water partition coefficient (Wildman–Crippen LogP) is 2.99. The Bertz CT molecular complexity index is 864. The first-order valence-corrected chi connectivity index (χ1v) is 9.11. The van der Waals surface area contributed by atoms with Gasteiger partial charge in [0.25, 0.3) is 0 Å². The van der Waals surface area contributed by atoms with Crippen LogP contribution in [-0.2, 0) is 9.53 Å². The number of ether oxygens (including phenoxy) is 2. The van der Waals surface area contributed by atoms with Gasteiger partial charge in [-0.25, -0.2) is 0 Å². The van der Waals surface area contributed by atoms with Crippen LogP contribution in [0.5, 0.6) is 5.75 Å². The molecular formula is C21H24N2O6. The minimum absolute atomic E-state index is 0.0863. The van der Waals surface area contributed by atoms with Gasteiger partial charge >= 0.3 is 5.97 Å². The second-order valence-electron chi connectivity index (χ2n) is 6.29. The normalized spacial score (nSPS) is 10.4. The highest BCUT2D eigenvalue weighted by molar-refractivity contribution is 6.03. The van der Waals surface area contributed by atoms with Crippen molar-refractivity contribution in [2.24, 2.45) is 5.73 Å². The van der Waals surface area contributed by atoms with Gasteiger partial charge in [-0.1, -0.05) is 0 Å². The molecule has 0 radical (unpaired) electrons. The lowest BCUT2D eigenvalue weighted by Crippen LogP contribution is -2.12. The van der Waals surface area contributed by atoms with Crippen LogP contribution in [0.4, 0.5) is 11.4 Å². The van der Waals surface area contributed by atoms with Crippen LogP contribution >= 0.6 is 0 Å². The van der Waals surface area contributed by atoms with Crippen LogP contribution in [0.1, 0.15) is 40.5 Å². The third-order valence-corrected chi connectivity index (χ3v) is 3.99. The van der Waals surface area contributed by atoms with Crippen LogP contribution in [0.15, 0.2) is 42.5 Å². The maximum atomic E-state index is 11.8. The Morgan fingerprint density at radius 3 is 2.38 bits per heavy atom. The molecular weight excluding hydrogens is 376 g/mol. The van der Waals surface area contributed by atoms with E-state index in [-0.39, 0.29) is 12.2 Å². The predicted molar refractivity (Wildman–Crippen MR) is 108 cm³/mol. The van der Waals surface area contributed by atoms with Crippen molar-refractivity contribution in [2.45, 2.75) is 19.8 Å². The maximum Gasteiger partial charge on any atom is 0.303 e. The van der Waals surface area contributed by atoms with E-state index >= 15 is 0 Å². The van der Waals surface area contributed by atoms with Gasteiger partial charge in [0.2, 0.25) is 5.91 Å². The third kappa shape index (κ3) is 7.27. The summed E-state index contributed by atoms with van der Waals surface area (Å²) in [6.45, 7) is 2.53. The first-order valence-electron chi connectivity index (χ1n) is 9.11. The number of carboxylic acid groups (broad SMARTS) is 1. The number of anilines is 2. The Morgan fingerprint density at radius 2 is 1.76 bits per heavy atom. The summed E-state index contributed by atoms with van der Waals surface area (Å²) in [5.74, 6) is -0.901. The number of nitrogens with one attached hydrogen (secondary N) is 1. The molecule has 0 aromatic heterocycles. The first kappa shape index (κ1) is 21.9. The average molecular weight is 400 g/mol. The van der Waals surface area contributed by atoms with Gasteiger partial charge in [-0.05, 0) is 55.8 Å².